The lowest BCUT2D eigenvalue weighted by Crippen LogP contribution is -2.26. The van der Waals surface area contributed by atoms with Crippen molar-refractivity contribution in [2.75, 3.05) is 7.05 Å². The summed E-state index contributed by atoms with van der Waals surface area (Å²) in [6, 6.07) is 4.61. The van der Waals surface area contributed by atoms with Gasteiger partial charge in [-0.3, -0.25) is 0 Å². The molecule has 0 amide bonds. The third-order valence-electron chi connectivity index (χ3n) is 2.40. The van der Waals surface area contributed by atoms with Crippen molar-refractivity contribution in [3.63, 3.8) is 0 Å². The number of aromatic nitrogens is 2. The lowest BCUT2D eigenvalue weighted by atomic mass is 10.4. The Morgan fingerprint density at radius 1 is 1.37 bits per heavy atom. The number of nitrogens with zero attached hydrogens (tertiary/aromatic N) is 3. The van der Waals surface area contributed by atoms with Crippen LogP contribution in [0.3, 0.4) is 0 Å². The molecule has 9 heteroatoms. The maximum Gasteiger partial charge on any atom is 0.243 e. The summed E-state index contributed by atoms with van der Waals surface area (Å²) in [4.78, 5) is 0.00992. The molecule has 1 aromatic carbocycles. The smallest absolute Gasteiger partial charge is 0.207 e. The van der Waals surface area contributed by atoms with Crippen LogP contribution in [-0.4, -0.2) is 29.4 Å². The van der Waals surface area contributed by atoms with Gasteiger partial charge in [0.25, 0.3) is 0 Å². The lowest BCUT2D eigenvalue weighted by molar-refractivity contribution is 0.461. The van der Waals surface area contributed by atoms with Crippen LogP contribution in [0.15, 0.2) is 29.2 Å². The highest BCUT2D eigenvalue weighted by atomic mass is 35.5. The second kappa shape index (κ2) is 5.49. The molecule has 0 saturated heterocycles. The standard InChI is InChI=1S/C10H9ClFN3O2S2/c1-15(6-9-10(11)18-14-13-9)19(16,17)8-4-2-7(12)3-5-8/h2-5H,6H2,1H3. The largest absolute Gasteiger partial charge is 0.243 e. The summed E-state index contributed by atoms with van der Waals surface area (Å²) in [6.07, 6.45) is 0. The Kier molecular flexibility index (Phi) is 4.14. The molecule has 5 nitrogen and oxygen atoms in total. The number of benzene rings is 1. The van der Waals surface area contributed by atoms with Gasteiger partial charge in [-0.1, -0.05) is 16.1 Å². The van der Waals surface area contributed by atoms with Crippen LogP contribution in [0, 0.1) is 5.82 Å². The molecule has 0 aliphatic rings. The van der Waals surface area contributed by atoms with Gasteiger partial charge in [-0.15, -0.1) is 5.10 Å². The van der Waals surface area contributed by atoms with Crippen LogP contribution in [0.1, 0.15) is 5.69 Å². The topological polar surface area (TPSA) is 63.2 Å². The van der Waals surface area contributed by atoms with E-state index in [2.05, 4.69) is 9.59 Å². The van der Waals surface area contributed by atoms with E-state index in [1.54, 1.807) is 0 Å². The van der Waals surface area contributed by atoms with Crippen molar-refractivity contribution >= 4 is 33.2 Å². The third kappa shape index (κ3) is 3.08. The molecular formula is C10H9ClFN3O2S2. The minimum Gasteiger partial charge on any atom is -0.207 e. The van der Waals surface area contributed by atoms with Crippen LogP contribution in [0.4, 0.5) is 4.39 Å². The van der Waals surface area contributed by atoms with E-state index in [0.29, 0.717) is 10.0 Å². The van der Waals surface area contributed by atoms with Crippen LogP contribution < -0.4 is 0 Å². The minimum absolute atomic E-state index is 0.00897. The normalized spacial score (nSPS) is 12.0. The molecule has 0 radical (unpaired) electrons. The first-order valence-corrected chi connectivity index (χ1v) is 7.69. The van der Waals surface area contributed by atoms with E-state index >= 15 is 0 Å². The molecule has 0 N–H and O–H groups in total. The Bertz CT molecular complexity index is 672. The highest BCUT2D eigenvalue weighted by Crippen LogP contribution is 2.22. The molecule has 0 aliphatic carbocycles. The van der Waals surface area contributed by atoms with Crippen LogP contribution in [0.25, 0.3) is 0 Å². The van der Waals surface area contributed by atoms with Gasteiger partial charge in [-0.2, -0.15) is 4.31 Å². The van der Waals surface area contributed by atoms with Gasteiger partial charge in [0, 0.05) is 18.6 Å². The second-order valence-electron chi connectivity index (χ2n) is 3.71. The molecule has 0 atom stereocenters. The fourth-order valence-corrected chi connectivity index (χ4v) is 3.12. The monoisotopic (exact) mass is 321 g/mol. The molecule has 19 heavy (non-hydrogen) atoms. The van der Waals surface area contributed by atoms with Gasteiger partial charge in [0.15, 0.2) is 0 Å². The summed E-state index contributed by atoms with van der Waals surface area (Å²) in [5, 5.41) is 3.75. The second-order valence-corrected chi connectivity index (χ2v) is 7.11. The van der Waals surface area contributed by atoms with Crippen molar-refractivity contribution in [3.8, 4) is 0 Å². The quantitative estimate of drug-likeness (QED) is 0.865. The van der Waals surface area contributed by atoms with E-state index in [-0.39, 0.29) is 11.4 Å². The highest BCUT2D eigenvalue weighted by Gasteiger charge is 2.22. The Hall–Kier alpha value is -1.09. The number of sulfonamides is 1. The first kappa shape index (κ1) is 14.3. The van der Waals surface area contributed by atoms with Gasteiger partial charge in [-0.05, 0) is 24.3 Å². The van der Waals surface area contributed by atoms with Gasteiger partial charge in [-0.25, -0.2) is 12.8 Å². The Balaban J connectivity index is 2.24. The van der Waals surface area contributed by atoms with Gasteiger partial charge < -0.3 is 0 Å². The van der Waals surface area contributed by atoms with E-state index in [4.69, 9.17) is 11.6 Å². The number of halogens is 2. The minimum atomic E-state index is -3.70. The summed E-state index contributed by atoms with van der Waals surface area (Å²) < 4.78 is 42.2. The van der Waals surface area contributed by atoms with Gasteiger partial charge in [0.1, 0.15) is 15.8 Å². The molecule has 102 valence electrons. The Morgan fingerprint density at radius 2 is 2.00 bits per heavy atom. The maximum absolute atomic E-state index is 12.8. The van der Waals surface area contributed by atoms with Crippen LogP contribution >= 0.6 is 23.1 Å². The molecule has 0 aliphatic heterocycles. The van der Waals surface area contributed by atoms with Gasteiger partial charge in [0.05, 0.1) is 11.4 Å². The number of hydrogen-bond donors (Lipinski definition) is 0. The van der Waals surface area contributed by atoms with E-state index in [1.807, 2.05) is 0 Å². The molecule has 0 saturated carbocycles. The fourth-order valence-electron chi connectivity index (χ4n) is 1.37. The molecule has 0 fully saturated rings. The third-order valence-corrected chi connectivity index (χ3v) is 5.21. The van der Waals surface area contributed by atoms with Crippen molar-refractivity contribution < 1.29 is 12.8 Å². The van der Waals surface area contributed by atoms with E-state index in [9.17, 15) is 12.8 Å². The van der Waals surface area contributed by atoms with E-state index in [0.717, 1.165) is 28.0 Å². The van der Waals surface area contributed by atoms with Crippen molar-refractivity contribution in [1.82, 2.24) is 13.9 Å². The molecule has 1 heterocycles. The van der Waals surface area contributed by atoms with Gasteiger partial charge >= 0.3 is 0 Å². The highest BCUT2D eigenvalue weighted by molar-refractivity contribution is 7.89. The van der Waals surface area contributed by atoms with Crippen molar-refractivity contribution in [2.45, 2.75) is 11.4 Å². The zero-order valence-electron chi connectivity index (χ0n) is 9.75. The molecule has 2 rings (SSSR count). The van der Waals surface area contributed by atoms with Crippen molar-refractivity contribution in [2.24, 2.45) is 0 Å². The van der Waals surface area contributed by atoms with E-state index < -0.39 is 15.8 Å². The lowest BCUT2D eigenvalue weighted by Gasteiger charge is -2.15. The molecule has 2 aromatic rings. The zero-order valence-corrected chi connectivity index (χ0v) is 12.1. The van der Waals surface area contributed by atoms with Crippen LogP contribution in [0.2, 0.25) is 4.34 Å². The predicted octanol–water partition coefficient (Wildman–Crippen LogP) is 2.15. The average Bonchev–Trinajstić information content (AvgIpc) is 2.75. The summed E-state index contributed by atoms with van der Waals surface area (Å²) in [5.74, 6) is -0.492. The van der Waals surface area contributed by atoms with Crippen LogP contribution in [0.5, 0.6) is 0 Å². The molecule has 0 bridgehead atoms. The summed E-state index contributed by atoms with van der Waals surface area (Å²) in [5.41, 5.74) is 0.389. The fraction of sp³-hybridized carbons (Fsp3) is 0.200. The first-order valence-electron chi connectivity index (χ1n) is 5.10. The van der Waals surface area contributed by atoms with E-state index in [1.165, 1.54) is 19.2 Å². The molecule has 1 aromatic heterocycles. The number of hydrogen-bond acceptors (Lipinski definition) is 5. The SMILES string of the molecule is CN(Cc1nnsc1Cl)S(=O)(=O)c1ccc(F)cc1. The Labute approximate surface area is 118 Å². The summed E-state index contributed by atoms with van der Waals surface area (Å²) in [7, 11) is -2.31. The maximum atomic E-state index is 12.8. The predicted molar refractivity (Wildman–Crippen MR) is 70.0 cm³/mol. The zero-order chi connectivity index (χ0) is 14.0. The van der Waals surface area contributed by atoms with Gasteiger partial charge in [0.2, 0.25) is 10.0 Å². The first-order chi connectivity index (χ1) is 8.91. The summed E-state index contributed by atoms with van der Waals surface area (Å²) >= 11 is 6.81. The van der Waals surface area contributed by atoms with Crippen molar-refractivity contribution in [3.05, 3.63) is 40.1 Å². The van der Waals surface area contributed by atoms with Crippen molar-refractivity contribution in [1.29, 1.82) is 0 Å². The Morgan fingerprint density at radius 3 is 2.53 bits per heavy atom. The molecule has 0 unspecified atom stereocenters. The number of rotatable bonds is 4. The molecular weight excluding hydrogens is 313 g/mol. The average molecular weight is 322 g/mol. The van der Waals surface area contributed by atoms with Crippen LogP contribution in [-0.2, 0) is 16.6 Å². The summed E-state index contributed by atoms with van der Waals surface area (Å²) in [6.45, 7) is 0.00897. The molecule has 0 spiro atoms.